The number of nitrogens with two attached hydrogens (primary N) is 1. The van der Waals surface area contributed by atoms with Gasteiger partial charge in [-0.2, -0.15) is 0 Å². The normalized spacial score (nSPS) is 10.5. The van der Waals surface area contributed by atoms with E-state index in [1.165, 1.54) is 6.07 Å². The first-order valence-electron chi connectivity index (χ1n) is 6.45. The third-order valence-electron chi connectivity index (χ3n) is 2.75. The van der Waals surface area contributed by atoms with Crippen molar-refractivity contribution >= 4 is 17.1 Å². The molecule has 3 N–H and O–H groups in total. The van der Waals surface area contributed by atoms with Crippen LogP contribution in [0.2, 0.25) is 0 Å². The number of hydrogen-bond acceptors (Lipinski definition) is 3. The van der Waals surface area contributed by atoms with Crippen LogP contribution >= 0.6 is 0 Å². The fourth-order valence-electron chi connectivity index (χ4n) is 1.76. The van der Waals surface area contributed by atoms with E-state index in [0.717, 1.165) is 6.42 Å². The van der Waals surface area contributed by atoms with Crippen LogP contribution in [-0.4, -0.2) is 6.61 Å². The lowest BCUT2D eigenvalue weighted by Gasteiger charge is -2.12. The summed E-state index contributed by atoms with van der Waals surface area (Å²) in [6, 6.07) is 5.87. The van der Waals surface area contributed by atoms with Crippen LogP contribution in [-0.2, 0) is 0 Å². The minimum Gasteiger partial charge on any atom is -0.491 e. The van der Waals surface area contributed by atoms with Crippen molar-refractivity contribution in [3.8, 4) is 5.75 Å². The first kappa shape index (κ1) is 15.0. The van der Waals surface area contributed by atoms with Crippen molar-refractivity contribution in [1.82, 2.24) is 0 Å². The molecule has 6 heteroatoms. The Kier molecular flexibility index (Phi) is 4.57. The van der Waals surface area contributed by atoms with Crippen LogP contribution in [0, 0.1) is 17.5 Å². The fourth-order valence-corrected chi connectivity index (χ4v) is 1.76. The van der Waals surface area contributed by atoms with E-state index in [4.69, 9.17) is 10.5 Å². The van der Waals surface area contributed by atoms with Crippen molar-refractivity contribution in [3.05, 3.63) is 47.8 Å². The number of ether oxygens (including phenoxy) is 1. The van der Waals surface area contributed by atoms with Gasteiger partial charge in [-0.3, -0.25) is 0 Å². The maximum absolute atomic E-state index is 13.6. The summed E-state index contributed by atoms with van der Waals surface area (Å²) in [5.74, 6) is -2.58. The highest BCUT2D eigenvalue weighted by Gasteiger charge is 2.12. The number of rotatable bonds is 5. The predicted octanol–water partition coefficient (Wildman–Crippen LogP) is 4.22. The lowest BCUT2D eigenvalue weighted by Crippen LogP contribution is -2.02. The van der Waals surface area contributed by atoms with Gasteiger partial charge in [-0.15, -0.1) is 0 Å². The van der Waals surface area contributed by atoms with E-state index < -0.39 is 23.1 Å². The van der Waals surface area contributed by atoms with Crippen LogP contribution in [0.5, 0.6) is 5.75 Å². The first-order valence-corrected chi connectivity index (χ1v) is 6.45. The highest BCUT2D eigenvalue weighted by Crippen LogP contribution is 2.30. The van der Waals surface area contributed by atoms with Crippen molar-refractivity contribution in [2.24, 2.45) is 0 Å². The topological polar surface area (TPSA) is 47.3 Å². The van der Waals surface area contributed by atoms with Crippen LogP contribution in [0.1, 0.15) is 13.3 Å². The van der Waals surface area contributed by atoms with Crippen molar-refractivity contribution in [1.29, 1.82) is 0 Å². The summed E-state index contributed by atoms with van der Waals surface area (Å²) < 4.78 is 45.5. The van der Waals surface area contributed by atoms with Gasteiger partial charge in [0.05, 0.1) is 12.3 Å². The Hall–Kier alpha value is -2.37. The van der Waals surface area contributed by atoms with Gasteiger partial charge in [-0.05, 0) is 18.6 Å². The van der Waals surface area contributed by atoms with Crippen LogP contribution in [0.15, 0.2) is 30.3 Å². The Labute approximate surface area is 120 Å². The van der Waals surface area contributed by atoms with Gasteiger partial charge in [0.15, 0.2) is 11.6 Å². The molecular formula is C15H15F3N2O. The second-order valence-corrected chi connectivity index (χ2v) is 4.47. The Morgan fingerprint density at radius 1 is 1.10 bits per heavy atom. The molecule has 2 rings (SSSR count). The molecule has 112 valence electrons. The standard InChI is InChI=1S/C15H15F3N2O/c1-2-5-21-14-8-10(3-4-13(14)19)20-15-11(17)6-9(16)7-12(15)18/h3-4,6-8,20H,2,5,19H2,1H3. The van der Waals surface area contributed by atoms with E-state index in [9.17, 15) is 13.2 Å². The van der Waals surface area contributed by atoms with Gasteiger partial charge in [-0.1, -0.05) is 6.92 Å². The third kappa shape index (κ3) is 3.59. The molecule has 0 radical (unpaired) electrons. The average Bonchev–Trinajstić information content (AvgIpc) is 2.43. The molecule has 0 bridgehead atoms. The summed E-state index contributed by atoms with van der Waals surface area (Å²) in [7, 11) is 0. The molecule has 0 fully saturated rings. The van der Waals surface area contributed by atoms with Crippen molar-refractivity contribution in [3.63, 3.8) is 0 Å². The zero-order chi connectivity index (χ0) is 15.4. The Morgan fingerprint density at radius 3 is 2.38 bits per heavy atom. The summed E-state index contributed by atoms with van der Waals surface area (Å²) in [5, 5.41) is 2.56. The number of nitrogen functional groups attached to an aromatic ring is 1. The number of halogens is 3. The molecule has 21 heavy (non-hydrogen) atoms. The van der Waals surface area contributed by atoms with Crippen molar-refractivity contribution < 1.29 is 17.9 Å². The number of hydrogen-bond donors (Lipinski definition) is 2. The van der Waals surface area contributed by atoms with Crippen molar-refractivity contribution in [2.45, 2.75) is 13.3 Å². The zero-order valence-electron chi connectivity index (χ0n) is 11.4. The highest BCUT2D eigenvalue weighted by atomic mass is 19.1. The molecule has 0 saturated carbocycles. The lowest BCUT2D eigenvalue weighted by atomic mass is 10.2. The van der Waals surface area contributed by atoms with Gasteiger partial charge in [0.25, 0.3) is 0 Å². The van der Waals surface area contributed by atoms with Gasteiger partial charge < -0.3 is 15.8 Å². The summed E-state index contributed by atoms with van der Waals surface area (Å²) in [5.41, 5.74) is 6.14. The summed E-state index contributed by atoms with van der Waals surface area (Å²) in [6.45, 7) is 2.43. The monoisotopic (exact) mass is 296 g/mol. The van der Waals surface area contributed by atoms with E-state index in [2.05, 4.69) is 5.32 Å². The SMILES string of the molecule is CCCOc1cc(Nc2c(F)cc(F)cc2F)ccc1N. The second-order valence-electron chi connectivity index (χ2n) is 4.47. The quantitative estimate of drug-likeness (QED) is 0.812. The van der Waals surface area contributed by atoms with Gasteiger partial charge in [0, 0.05) is 23.9 Å². The van der Waals surface area contributed by atoms with Gasteiger partial charge in [-0.25, -0.2) is 13.2 Å². The van der Waals surface area contributed by atoms with Crippen molar-refractivity contribution in [2.75, 3.05) is 17.7 Å². The second kappa shape index (κ2) is 6.39. The minimum absolute atomic E-state index is 0.389. The Balaban J connectivity index is 2.28. The molecule has 0 saturated heterocycles. The highest BCUT2D eigenvalue weighted by molar-refractivity contribution is 5.67. The summed E-state index contributed by atoms with van der Waals surface area (Å²) in [4.78, 5) is 0. The van der Waals surface area contributed by atoms with E-state index >= 15 is 0 Å². The third-order valence-corrected chi connectivity index (χ3v) is 2.75. The van der Waals surface area contributed by atoms with E-state index in [1.807, 2.05) is 6.92 Å². The molecule has 3 nitrogen and oxygen atoms in total. The molecule has 0 heterocycles. The number of anilines is 3. The summed E-state index contributed by atoms with van der Waals surface area (Å²) >= 11 is 0. The van der Waals surface area contributed by atoms with Crippen LogP contribution < -0.4 is 15.8 Å². The molecule has 0 aromatic heterocycles. The molecule has 0 spiro atoms. The van der Waals surface area contributed by atoms with E-state index in [0.29, 0.717) is 35.9 Å². The maximum Gasteiger partial charge on any atom is 0.152 e. The molecule has 0 unspecified atom stereocenters. The maximum atomic E-state index is 13.6. The smallest absolute Gasteiger partial charge is 0.152 e. The Morgan fingerprint density at radius 2 is 1.76 bits per heavy atom. The largest absolute Gasteiger partial charge is 0.491 e. The molecular weight excluding hydrogens is 281 g/mol. The molecule has 0 aliphatic rings. The molecule has 2 aromatic rings. The Bertz CT molecular complexity index is 624. The van der Waals surface area contributed by atoms with Crippen LogP contribution in [0.25, 0.3) is 0 Å². The first-order chi connectivity index (χ1) is 10.0. The number of nitrogens with one attached hydrogen (secondary N) is 1. The van der Waals surface area contributed by atoms with E-state index in [-0.39, 0.29) is 0 Å². The number of benzene rings is 2. The average molecular weight is 296 g/mol. The molecule has 0 aliphatic carbocycles. The molecule has 0 aliphatic heterocycles. The molecule has 0 amide bonds. The minimum atomic E-state index is -1.01. The van der Waals surface area contributed by atoms with Gasteiger partial charge in [0.2, 0.25) is 0 Å². The van der Waals surface area contributed by atoms with Crippen LogP contribution in [0.3, 0.4) is 0 Å². The van der Waals surface area contributed by atoms with Crippen LogP contribution in [0.4, 0.5) is 30.2 Å². The van der Waals surface area contributed by atoms with Gasteiger partial charge >= 0.3 is 0 Å². The molecule has 0 atom stereocenters. The van der Waals surface area contributed by atoms with E-state index in [1.54, 1.807) is 12.1 Å². The fraction of sp³-hybridized carbons (Fsp3) is 0.200. The molecule has 2 aromatic carbocycles. The lowest BCUT2D eigenvalue weighted by molar-refractivity contribution is 0.319. The van der Waals surface area contributed by atoms with Gasteiger partial charge in [0.1, 0.15) is 17.3 Å². The summed E-state index contributed by atoms with van der Waals surface area (Å²) in [6.07, 6.45) is 0.804. The predicted molar refractivity (Wildman–Crippen MR) is 76.2 cm³/mol. The zero-order valence-corrected chi connectivity index (χ0v) is 11.4.